The van der Waals surface area contributed by atoms with Gasteiger partial charge in [0.05, 0.1) is 21.9 Å². The summed E-state index contributed by atoms with van der Waals surface area (Å²) in [6, 6.07) is 4.41. The Balaban J connectivity index is 2.00. The summed E-state index contributed by atoms with van der Waals surface area (Å²) in [6.45, 7) is 0. The third kappa shape index (κ3) is 3.61. The Hall–Kier alpha value is -1.74. The fourth-order valence-corrected chi connectivity index (χ4v) is 4.99. The van der Waals surface area contributed by atoms with E-state index in [2.05, 4.69) is 15.3 Å². The fraction of sp³-hybridized carbons (Fsp3) is 0.429. The Morgan fingerprint density at radius 3 is 2.74 bits per heavy atom. The van der Waals surface area contributed by atoms with Crippen LogP contribution in [0.5, 0.6) is 0 Å². The molecule has 1 atom stereocenters. The van der Waals surface area contributed by atoms with Crippen molar-refractivity contribution >= 4 is 36.4 Å². The zero-order valence-corrected chi connectivity index (χ0v) is 14.2. The molecule has 1 aliphatic heterocycles. The molecule has 1 fully saturated rings. The molecule has 1 saturated heterocycles. The summed E-state index contributed by atoms with van der Waals surface area (Å²) in [5.74, 6) is 0.737. The van der Waals surface area contributed by atoms with Crippen LogP contribution in [-0.4, -0.2) is 50.6 Å². The van der Waals surface area contributed by atoms with Crippen molar-refractivity contribution in [3.63, 3.8) is 0 Å². The average molecular weight is 355 g/mol. The number of benzene rings is 1. The number of sulfone groups is 2. The van der Waals surface area contributed by atoms with Crippen LogP contribution in [0.25, 0.3) is 10.9 Å². The predicted octanol–water partition coefficient (Wildman–Crippen LogP) is 1.02. The maximum absolute atomic E-state index is 11.7. The van der Waals surface area contributed by atoms with Gasteiger partial charge in [0.2, 0.25) is 0 Å². The molecule has 0 radical (unpaired) electrons. The minimum absolute atomic E-state index is 0.0598. The lowest BCUT2D eigenvalue weighted by Crippen LogP contribution is -2.35. The summed E-state index contributed by atoms with van der Waals surface area (Å²) < 4.78 is 46.9. The van der Waals surface area contributed by atoms with E-state index in [0.29, 0.717) is 23.1 Å². The molecule has 2 heterocycles. The van der Waals surface area contributed by atoms with Crippen LogP contribution in [0.4, 0.5) is 5.82 Å². The maximum atomic E-state index is 11.7. The molecule has 1 N–H and O–H groups in total. The highest BCUT2D eigenvalue weighted by atomic mass is 32.2. The van der Waals surface area contributed by atoms with E-state index >= 15 is 0 Å². The van der Waals surface area contributed by atoms with Crippen molar-refractivity contribution < 1.29 is 16.8 Å². The number of anilines is 1. The van der Waals surface area contributed by atoms with Gasteiger partial charge >= 0.3 is 0 Å². The third-order valence-electron chi connectivity index (χ3n) is 3.84. The smallest absolute Gasteiger partial charge is 0.175 e. The van der Waals surface area contributed by atoms with E-state index in [1.54, 1.807) is 6.07 Å². The monoisotopic (exact) mass is 355 g/mol. The topological polar surface area (TPSA) is 106 Å². The lowest BCUT2D eigenvalue weighted by atomic mass is 10.1. The Kier molecular flexibility index (Phi) is 4.01. The lowest BCUT2D eigenvalue weighted by molar-refractivity contribution is 0.561. The molecule has 124 valence electrons. The highest BCUT2D eigenvalue weighted by Gasteiger charge is 2.25. The predicted molar refractivity (Wildman–Crippen MR) is 87.9 cm³/mol. The summed E-state index contributed by atoms with van der Waals surface area (Å²) in [7, 11) is -6.38. The molecule has 0 amide bonds. The lowest BCUT2D eigenvalue weighted by Gasteiger charge is -2.24. The number of hydrogen-bond acceptors (Lipinski definition) is 7. The summed E-state index contributed by atoms with van der Waals surface area (Å²) >= 11 is 0. The van der Waals surface area contributed by atoms with Gasteiger partial charge in [-0.3, -0.25) is 0 Å². The van der Waals surface area contributed by atoms with Gasteiger partial charge in [0.1, 0.15) is 12.1 Å². The fourth-order valence-electron chi connectivity index (χ4n) is 2.71. The first-order valence-corrected chi connectivity index (χ1v) is 10.9. The van der Waals surface area contributed by atoms with Crippen LogP contribution in [-0.2, 0) is 19.7 Å². The first-order valence-electron chi connectivity index (χ1n) is 7.16. The van der Waals surface area contributed by atoms with Gasteiger partial charge in [0, 0.05) is 17.7 Å². The second-order valence-electron chi connectivity index (χ2n) is 5.77. The first kappa shape index (κ1) is 16.1. The molecule has 3 rings (SSSR count). The van der Waals surface area contributed by atoms with E-state index < -0.39 is 19.7 Å². The van der Waals surface area contributed by atoms with Gasteiger partial charge in [-0.1, -0.05) is 0 Å². The minimum atomic E-state index is -3.34. The zero-order chi connectivity index (χ0) is 16.7. The standard InChI is InChI=1S/C14H17N3O4S2/c1-22(18,19)11-4-5-13-12(7-11)14(16-9-15-13)17-10-3-2-6-23(20,21)8-10/h4-5,7,9-10H,2-3,6,8H2,1H3,(H,15,16,17). The molecule has 9 heteroatoms. The largest absolute Gasteiger partial charge is 0.366 e. The second-order valence-corrected chi connectivity index (χ2v) is 10.0. The van der Waals surface area contributed by atoms with Gasteiger partial charge in [-0.05, 0) is 31.0 Å². The van der Waals surface area contributed by atoms with E-state index in [1.165, 1.54) is 18.5 Å². The van der Waals surface area contributed by atoms with E-state index in [4.69, 9.17) is 0 Å². The van der Waals surface area contributed by atoms with E-state index in [9.17, 15) is 16.8 Å². The van der Waals surface area contributed by atoms with Crippen molar-refractivity contribution in [1.82, 2.24) is 9.97 Å². The van der Waals surface area contributed by atoms with Crippen LogP contribution in [0.3, 0.4) is 0 Å². The van der Waals surface area contributed by atoms with E-state index in [-0.39, 0.29) is 22.4 Å². The first-order chi connectivity index (χ1) is 10.7. The molecule has 1 aromatic heterocycles. The molecule has 1 aliphatic rings. The maximum Gasteiger partial charge on any atom is 0.175 e. The minimum Gasteiger partial charge on any atom is -0.366 e. The zero-order valence-electron chi connectivity index (χ0n) is 12.6. The van der Waals surface area contributed by atoms with Crippen LogP contribution >= 0.6 is 0 Å². The number of nitrogens with zero attached hydrogens (tertiary/aromatic N) is 2. The molecule has 0 spiro atoms. The van der Waals surface area contributed by atoms with Gasteiger partial charge in [-0.15, -0.1) is 0 Å². The molecule has 0 bridgehead atoms. The number of fused-ring (bicyclic) bond motifs is 1. The van der Waals surface area contributed by atoms with Crippen molar-refractivity contribution in [2.24, 2.45) is 0 Å². The van der Waals surface area contributed by atoms with Crippen molar-refractivity contribution in [2.75, 3.05) is 23.1 Å². The Morgan fingerprint density at radius 2 is 2.04 bits per heavy atom. The molecule has 1 aromatic carbocycles. The van der Waals surface area contributed by atoms with E-state index in [0.717, 1.165) is 12.7 Å². The summed E-state index contributed by atoms with van der Waals surface area (Å²) in [5, 5.41) is 3.70. The normalized spacial score (nSPS) is 21.2. The number of nitrogens with one attached hydrogen (secondary N) is 1. The van der Waals surface area contributed by atoms with Crippen molar-refractivity contribution in [2.45, 2.75) is 23.8 Å². The number of aromatic nitrogens is 2. The van der Waals surface area contributed by atoms with Gasteiger partial charge < -0.3 is 5.32 Å². The van der Waals surface area contributed by atoms with E-state index in [1.807, 2.05) is 0 Å². The molecule has 7 nitrogen and oxygen atoms in total. The van der Waals surface area contributed by atoms with Crippen LogP contribution < -0.4 is 5.32 Å². The molecule has 0 saturated carbocycles. The van der Waals surface area contributed by atoms with Gasteiger partial charge in [0.25, 0.3) is 0 Å². The molecular formula is C14H17N3O4S2. The third-order valence-corrected chi connectivity index (χ3v) is 6.77. The number of rotatable bonds is 3. The van der Waals surface area contributed by atoms with Crippen molar-refractivity contribution in [1.29, 1.82) is 0 Å². The van der Waals surface area contributed by atoms with Gasteiger partial charge in [-0.2, -0.15) is 0 Å². The summed E-state index contributed by atoms with van der Waals surface area (Å²) in [4.78, 5) is 8.46. The summed E-state index contributed by atoms with van der Waals surface area (Å²) in [5.41, 5.74) is 0.605. The van der Waals surface area contributed by atoms with Crippen LogP contribution in [0, 0.1) is 0 Å². The Labute approximate surface area is 135 Å². The van der Waals surface area contributed by atoms with Gasteiger partial charge in [0.15, 0.2) is 19.7 Å². The Bertz CT molecular complexity index is 955. The van der Waals surface area contributed by atoms with Crippen molar-refractivity contribution in [3.8, 4) is 0 Å². The molecule has 0 aliphatic carbocycles. The number of hydrogen-bond donors (Lipinski definition) is 1. The quantitative estimate of drug-likeness (QED) is 0.876. The molecular weight excluding hydrogens is 338 g/mol. The molecule has 1 unspecified atom stereocenters. The SMILES string of the molecule is CS(=O)(=O)c1ccc2ncnc(NC3CCCS(=O)(=O)C3)c2c1. The highest BCUT2D eigenvalue weighted by Crippen LogP contribution is 2.25. The Morgan fingerprint density at radius 1 is 1.26 bits per heavy atom. The van der Waals surface area contributed by atoms with Crippen LogP contribution in [0.2, 0.25) is 0 Å². The molecule has 23 heavy (non-hydrogen) atoms. The van der Waals surface area contributed by atoms with Gasteiger partial charge in [-0.25, -0.2) is 26.8 Å². The van der Waals surface area contributed by atoms with Crippen molar-refractivity contribution in [3.05, 3.63) is 24.5 Å². The molecule has 2 aromatic rings. The second kappa shape index (κ2) is 5.72. The van der Waals surface area contributed by atoms with Crippen LogP contribution in [0.15, 0.2) is 29.4 Å². The van der Waals surface area contributed by atoms with Crippen LogP contribution in [0.1, 0.15) is 12.8 Å². The highest BCUT2D eigenvalue weighted by molar-refractivity contribution is 7.91. The average Bonchev–Trinajstić information content (AvgIpc) is 2.45. The summed E-state index contributed by atoms with van der Waals surface area (Å²) in [6.07, 6.45) is 3.86.